The van der Waals surface area contributed by atoms with Gasteiger partial charge in [0, 0.05) is 6.42 Å². The van der Waals surface area contributed by atoms with Crippen molar-refractivity contribution in [1.29, 1.82) is 0 Å². The van der Waals surface area contributed by atoms with E-state index in [-0.39, 0.29) is 29.6 Å². The second-order valence-corrected chi connectivity index (χ2v) is 6.46. The highest BCUT2D eigenvalue weighted by Gasteiger charge is 2.31. The summed E-state index contributed by atoms with van der Waals surface area (Å²) >= 11 is 0. The van der Waals surface area contributed by atoms with E-state index >= 15 is 0 Å². The molecule has 22 heavy (non-hydrogen) atoms. The summed E-state index contributed by atoms with van der Waals surface area (Å²) in [6, 6.07) is 4.14. The van der Waals surface area contributed by atoms with Crippen molar-refractivity contribution in [2.75, 3.05) is 0 Å². The van der Waals surface area contributed by atoms with E-state index in [2.05, 4.69) is 10.6 Å². The Bertz CT molecular complexity index is 602. The predicted molar refractivity (Wildman–Crippen MR) is 80.6 cm³/mol. The number of carbonyl (C=O) groups is 2. The Hall–Kier alpha value is -1.91. The molecule has 1 aliphatic heterocycles. The first kappa shape index (κ1) is 15.0. The Morgan fingerprint density at radius 2 is 2.23 bits per heavy atom. The van der Waals surface area contributed by atoms with Crippen LogP contribution < -0.4 is 10.6 Å². The first-order chi connectivity index (χ1) is 10.5. The van der Waals surface area contributed by atoms with Crippen molar-refractivity contribution in [3.8, 4) is 0 Å². The van der Waals surface area contributed by atoms with Gasteiger partial charge >= 0.3 is 0 Å². The number of hydrogen-bond acceptors (Lipinski definition) is 2. The Morgan fingerprint density at radius 1 is 1.41 bits per heavy atom. The molecule has 0 radical (unpaired) electrons. The van der Waals surface area contributed by atoms with Crippen molar-refractivity contribution in [1.82, 2.24) is 10.6 Å². The minimum Gasteiger partial charge on any atom is -0.348 e. The molecular weight excluding hydrogens is 283 g/mol. The highest BCUT2D eigenvalue weighted by atomic mass is 19.1. The van der Waals surface area contributed by atoms with Gasteiger partial charge in [0.1, 0.15) is 11.9 Å². The van der Waals surface area contributed by atoms with Crippen molar-refractivity contribution >= 4 is 11.8 Å². The van der Waals surface area contributed by atoms with Gasteiger partial charge < -0.3 is 10.6 Å². The predicted octanol–water partition coefficient (Wildman–Crippen LogP) is 2.23. The van der Waals surface area contributed by atoms with Crippen molar-refractivity contribution in [2.24, 2.45) is 5.92 Å². The molecule has 1 aromatic carbocycles. The minimum absolute atomic E-state index is 0.0750. The maximum Gasteiger partial charge on any atom is 0.243 e. The van der Waals surface area contributed by atoms with E-state index in [0.717, 1.165) is 30.4 Å². The topological polar surface area (TPSA) is 58.2 Å². The zero-order valence-corrected chi connectivity index (χ0v) is 12.7. The van der Waals surface area contributed by atoms with E-state index in [9.17, 15) is 14.0 Å². The molecule has 118 valence electrons. The van der Waals surface area contributed by atoms with Gasteiger partial charge in [-0.05, 0) is 54.9 Å². The molecule has 4 nitrogen and oxygen atoms in total. The fourth-order valence-corrected chi connectivity index (χ4v) is 3.48. The van der Waals surface area contributed by atoms with Gasteiger partial charge in [0.15, 0.2) is 0 Å². The molecule has 0 unspecified atom stereocenters. The number of piperidine rings is 1. The van der Waals surface area contributed by atoms with E-state index in [4.69, 9.17) is 0 Å². The largest absolute Gasteiger partial charge is 0.348 e. The van der Waals surface area contributed by atoms with Gasteiger partial charge in [0.2, 0.25) is 11.8 Å². The third-order valence-electron chi connectivity index (χ3n) is 4.56. The van der Waals surface area contributed by atoms with Crippen molar-refractivity contribution < 1.29 is 14.0 Å². The van der Waals surface area contributed by atoms with Gasteiger partial charge in [-0.1, -0.05) is 13.0 Å². The summed E-state index contributed by atoms with van der Waals surface area (Å²) in [5.74, 6) is -0.309. The Balaban J connectivity index is 1.73. The van der Waals surface area contributed by atoms with Gasteiger partial charge in [-0.15, -0.1) is 0 Å². The first-order valence-corrected chi connectivity index (χ1v) is 7.91. The lowest BCUT2D eigenvalue weighted by molar-refractivity contribution is -0.132. The van der Waals surface area contributed by atoms with Crippen LogP contribution in [0.4, 0.5) is 4.39 Å². The van der Waals surface area contributed by atoms with E-state index < -0.39 is 6.04 Å². The second kappa shape index (κ2) is 6.07. The number of fused-ring (bicyclic) bond motifs is 1. The highest BCUT2D eigenvalue weighted by molar-refractivity contribution is 5.89. The summed E-state index contributed by atoms with van der Waals surface area (Å²) in [6.45, 7) is 1.98. The van der Waals surface area contributed by atoms with Crippen LogP contribution in [0.3, 0.4) is 0 Å². The van der Waals surface area contributed by atoms with Crippen LogP contribution in [0.1, 0.15) is 49.8 Å². The molecular formula is C17H21FN2O2. The van der Waals surface area contributed by atoms with E-state index in [1.54, 1.807) is 6.07 Å². The van der Waals surface area contributed by atoms with E-state index in [1.165, 1.54) is 12.1 Å². The zero-order valence-electron chi connectivity index (χ0n) is 12.7. The highest BCUT2D eigenvalue weighted by Crippen LogP contribution is 2.30. The standard InChI is InChI=1S/C17H21FN2O2/c1-10-7-15(19-16(21)8-10)17(22)20-14-4-2-3-11-5-6-12(18)9-13(11)14/h5-6,9-10,14-15H,2-4,7-8H2,1H3,(H,19,21)(H,20,22)/t10-,14-,15-/m0/s1. The van der Waals surface area contributed by atoms with Crippen LogP contribution in [0.2, 0.25) is 0 Å². The average molecular weight is 304 g/mol. The van der Waals surface area contributed by atoms with Gasteiger partial charge in [0.25, 0.3) is 0 Å². The first-order valence-electron chi connectivity index (χ1n) is 7.91. The molecule has 5 heteroatoms. The number of amides is 2. The molecule has 0 bridgehead atoms. The number of halogens is 1. The van der Waals surface area contributed by atoms with Crippen LogP contribution in [0, 0.1) is 11.7 Å². The van der Waals surface area contributed by atoms with Gasteiger partial charge in [-0.2, -0.15) is 0 Å². The lowest BCUT2D eigenvalue weighted by atomic mass is 9.87. The Kier molecular flexibility index (Phi) is 4.14. The molecule has 1 heterocycles. The number of carbonyl (C=O) groups excluding carboxylic acids is 2. The maximum atomic E-state index is 13.5. The summed E-state index contributed by atoms with van der Waals surface area (Å²) < 4.78 is 13.5. The molecule has 0 aromatic heterocycles. The molecule has 2 amide bonds. The van der Waals surface area contributed by atoms with Crippen LogP contribution >= 0.6 is 0 Å². The molecule has 2 aliphatic rings. The van der Waals surface area contributed by atoms with Crippen molar-refractivity contribution in [3.63, 3.8) is 0 Å². The van der Waals surface area contributed by atoms with Crippen LogP contribution in [-0.2, 0) is 16.0 Å². The van der Waals surface area contributed by atoms with Gasteiger partial charge in [-0.3, -0.25) is 9.59 Å². The minimum atomic E-state index is -0.477. The molecule has 3 rings (SSSR count). The Morgan fingerprint density at radius 3 is 3.00 bits per heavy atom. The van der Waals surface area contributed by atoms with E-state index in [1.807, 2.05) is 6.92 Å². The van der Waals surface area contributed by atoms with Gasteiger partial charge in [0.05, 0.1) is 6.04 Å². The monoisotopic (exact) mass is 304 g/mol. The zero-order chi connectivity index (χ0) is 15.7. The Labute approximate surface area is 129 Å². The SMILES string of the molecule is C[C@@H]1CC(=O)N[C@H](C(=O)N[C@H]2CCCc3ccc(F)cc32)C1. The van der Waals surface area contributed by atoms with Gasteiger partial charge in [-0.25, -0.2) is 4.39 Å². The average Bonchev–Trinajstić information content (AvgIpc) is 2.47. The quantitative estimate of drug-likeness (QED) is 0.880. The van der Waals surface area contributed by atoms with Crippen molar-refractivity contribution in [2.45, 2.75) is 51.1 Å². The number of rotatable bonds is 2. The number of benzene rings is 1. The summed E-state index contributed by atoms with van der Waals surface area (Å²) in [7, 11) is 0. The molecule has 0 spiro atoms. The number of aryl methyl sites for hydroxylation is 1. The van der Waals surface area contributed by atoms with Crippen LogP contribution in [0.5, 0.6) is 0 Å². The summed E-state index contributed by atoms with van der Waals surface area (Å²) in [4.78, 5) is 24.0. The summed E-state index contributed by atoms with van der Waals surface area (Å²) in [5.41, 5.74) is 1.97. The third kappa shape index (κ3) is 3.13. The van der Waals surface area contributed by atoms with E-state index in [0.29, 0.717) is 12.8 Å². The summed E-state index contributed by atoms with van der Waals surface area (Å²) in [5, 5.41) is 5.74. The summed E-state index contributed by atoms with van der Waals surface area (Å²) in [6.07, 6.45) is 3.82. The third-order valence-corrected chi connectivity index (χ3v) is 4.56. The van der Waals surface area contributed by atoms with Crippen LogP contribution in [-0.4, -0.2) is 17.9 Å². The molecule has 1 aliphatic carbocycles. The second-order valence-electron chi connectivity index (χ2n) is 6.46. The smallest absolute Gasteiger partial charge is 0.243 e. The fourth-order valence-electron chi connectivity index (χ4n) is 3.48. The van der Waals surface area contributed by atoms with Crippen LogP contribution in [0.15, 0.2) is 18.2 Å². The molecule has 2 N–H and O–H groups in total. The molecule has 0 saturated carbocycles. The molecule has 1 aromatic rings. The van der Waals surface area contributed by atoms with Crippen molar-refractivity contribution in [3.05, 3.63) is 35.1 Å². The molecule has 3 atom stereocenters. The maximum absolute atomic E-state index is 13.5. The normalized spacial score (nSPS) is 27.7. The molecule has 1 saturated heterocycles. The lowest BCUT2D eigenvalue weighted by Gasteiger charge is -2.31. The number of hydrogen-bond donors (Lipinski definition) is 2. The fraction of sp³-hybridized carbons (Fsp3) is 0.529. The molecule has 1 fully saturated rings. The van der Waals surface area contributed by atoms with Crippen LogP contribution in [0.25, 0.3) is 0 Å². The lowest BCUT2D eigenvalue weighted by Crippen LogP contribution is -2.51. The number of nitrogens with one attached hydrogen (secondary N) is 2.